The molecule has 17 heavy (non-hydrogen) atoms. The van der Waals surface area contributed by atoms with Crippen molar-refractivity contribution in [1.29, 1.82) is 0 Å². The van der Waals surface area contributed by atoms with Gasteiger partial charge in [0.05, 0.1) is 0 Å². The zero-order valence-corrected chi connectivity index (χ0v) is 11.1. The Hall–Kier alpha value is -1.09. The summed E-state index contributed by atoms with van der Waals surface area (Å²) >= 11 is 4.94. The number of rotatable bonds is 3. The highest BCUT2D eigenvalue weighted by Crippen LogP contribution is 2.26. The molecule has 1 aliphatic rings. The number of hydrogen-bond donors (Lipinski definition) is 2. The van der Waals surface area contributed by atoms with Crippen molar-refractivity contribution in [3.05, 3.63) is 29.8 Å². The molecular weight excluding hydrogens is 228 g/mol. The molecule has 2 rings (SSSR count). The molecule has 1 aromatic rings. The summed E-state index contributed by atoms with van der Waals surface area (Å²) in [6.45, 7) is 2.34. The van der Waals surface area contributed by atoms with Crippen LogP contribution >= 0.6 is 12.2 Å². The van der Waals surface area contributed by atoms with Crippen molar-refractivity contribution in [3.63, 3.8) is 0 Å². The minimum Gasteiger partial charge on any atom is -0.389 e. The summed E-state index contributed by atoms with van der Waals surface area (Å²) in [4.78, 5) is 0.461. The first-order valence-corrected chi connectivity index (χ1v) is 6.72. The number of nitrogens with two attached hydrogens (primary N) is 1. The van der Waals surface area contributed by atoms with E-state index in [0.29, 0.717) is 11.0 Å². The van der Waals surface area contributed by atoms with Crippen LogP contribution < -0.4 is 11.1 Å². The minimum atomic E-state index is 0.461. The predicted octanol–water partition coefficient (Wildman–Crippen LogP) is 3.31. The van der Waals surface area contributed by atoms with Gasteiger partial charge in [-0.3, -0.25) is 0 Å². The zero-order chi connectivity index (χ0) is 12.3. The number of nitrogens with one attached hydrogen (secondary N) is 1. The van der Waals surface area contributed by atoms with Gasteiger partial charge in [0.1, 0.15) is 4.99 Å². The maximum absolute atomic E-state index is 5.58. The second kappa shape index (κ2) is 5.50. The number of hydrogen-bond acceptors (Lipinski definition) is 2. The third-order valence-electron chi connectivity index (χ3n) is 3.48. The monoisotopic (exact) mass is 248 g/mol. The third-order valence-corrected chi connectivity index (χ3v) is 3.71. The van der Waals surface area contributed by atoms with E-state index in [1.807, 2.05) is 12.1 Å². The normalized spacial score (nSPS) is 24.3. The van der Waals surface area contributed by atoms with Crippen LogP contribution in [0.2, 0.25) is 0 Å². The van der Waals surface area contributed by atoms with Crippen molar-refractivity contribution >= 4 is 22.9 Å². The Kier molecular flexibility index (Phi) is 4.00. The molecule has 0 aliphatic heterocycles. The summed E-state index contributed by atoms with van der Waals surface area (Å²) in [5, 5.41) is 3.59. The molecule has 2 unspecified atom stereocenters. The summed E-state index contributed by atoms with van der Waals surface area (Å²) in [5.41, 5.74) is 7.68. The Balaban J connectivity index is 1.96. The van der Waals surface area contributed by atoms with Gasteiger partial charge in [-0.1, -0.05) is 32.0 Å². The van der Waals surface area contributed by atoms with Crippen molar-refractivity contribution in [1.82, 2.24) is 0 Å². The molecule has 1 aliphatic carbocycles. The molecule has 0 saturated heterocycles. The van der Waals surface area contributed by atoms with Crippen LogP contribution in [0.15, 0.2) is 24.3 Å². The molecule has 0 aromatic heterocycles. The lowest BCUT2D eigenvalue weighted by molar-refractivity contribution is 0.358. The lowest BCUT2D eigenvalue weighted by Gasteiger charge is -2.28. The van der Waals surface area contributed by atoms with E-state index < -0.39 is 0 Å². The average Bonchev–Trinajstić information content (AvgIpc) is 2.29. The lowest BCUT2D eigenvalue weighted by Crippen LogP contribution is -2.26. The van der Waals surface area contributed by atoms with E-state index in [0.717, 1.165) is 11.5 Å². The van der Waals surface area contributed by atoms with Crippen LogP contribution in [-0.2, 0) is 0 Å². The van der Waals surface area contributed by atoms with E-state index in [2.05, 4.69) is 24.4 Å². The van der Waals surface area contributed by atoms with Crippen LogP contribution in [0, 0.1) is 5.92 Å². The van der Waals surface area contributed by atoms with Crippen molar-refractivity contribution in [2.24, 2.45) is 11.7 Å². The summed E-state index contributed by atoms with van der Waals surface area (Å²) in [7, 11) is 0. The van der Waals surface area contributed by atoms with Crippen LogP contribution in [0.4, 0.5) is 5.69 Å². The van der Waals surface area contributed by atoms with E-state index in [-0.39, 0.29) is 0 Å². The van der Waals surface area contributed by atoms with Gasteiger partial charge in [0.15, 0.2) is 0 Å². The van der Waals surface area contributed by atoms with Crippen LogP contribution in [0.1, 0.15) is 38.2 Å². The standard InChI is InChI=1S/C14H20N2S/c1-10-3-2-4-13(9-10)16-12-7-5-11(6-8-12)14(15)17/h5-8,10,13,16H,2-4,9H2,1H3,(H2,15,17). The molecule has 0 amide bonds. The molecule has 1 aromatic carbocycles. The highest BCUT2D eigenvalue weighted by molar-refractivity contribution is 7.80. The van der Waals surface area contributed by atoms with Gasteiger partial charge in [0.25, 0.3) is 0 Å². The smallest absolute Gasteiger partial charge is 0.103 e. The maximum Gasteiger partial charge on any atom is 0.103 e. The Bertz CT molecular complexity index is 386. The Labute approximate surface area is 109 Å². The van der Waals surface area contributed by atoms with Gasteiger partial charge in [-0.2, -0.15) is 0 Å². The Morgan fingerprint density at radius 3 is 2.59 bits per heavy atom. The molecule has 92 valence electrons. The van der Waals surface area contributed by atoms with Gasteiger partial charge in [-0.05, 0) is 43.0 Å². The molecule has 2 atom stereocenters. The summed E-state index contributed by atoms with van der Waals surface area (Å²) < 4.78 is 0. The van der Waals surface area contributed by atoms with Gasteiger partial charge < -0.3 is 11.1 Å². The van der Waals surface area contributed by atoms with Crippen LogP contribution in [-0.4, -0.2) is 11.0 Å². The zero-order valence-electron chi connectivity index (χ0n) is 10.3. The first-order chi connectivity index (χ1) is 8.15. The van der Waals surface area contributed by atoms with E-state index in [4.69, 9.17) is 18.0 Å². The average molecular weight is 248 g/mol. The van der Waals surface area contributed by atoms with E-state index in [9.17, 15) is 0 Å². The summed E-state index contributed by atoms with van der Waals surface area (Å²) in [5.74, 6) is 0.845. The summed E-state index contributed by atoms with van der Waals surface area (Å²) in [6, 6.07) is 8.71. The molecule has 3 N–H and O–H groups in total. The summed E-state index contributed by atoms with van der Waals surface area (Å²) in [6.07, 6.45) is 5.26. The SMILES string of the molecule is CC1CCCC(Nc2ccc(C(N)=S)cc2)C1. The Morgan fingerprint density at radius 2 is 2.00 bits per heavy atom. The minimum absolute atomic E-state index is 0.461. The van der Waals surface area contributed by atoms with Crippen molar-refractivity contribution in [2.75, 3.05) is 5.32 Å². The fourth-order valence-corrected chi connectivity index (χ4v) is 2.67. The molecule has 2 nitrogen and oxygen atoms in total. The topological polar surface area (TPSA) is 38.0 Å². The van der Waals surface area contributed by atoms with Crippen molar-refractivity contribution in [2.45, 2.75) is 38.6 Å². The quantitative estimate of drug-likeness (QED) is 0.806. The van der Waals surface area contributed by atoms with E-state index >= 15 is 0 Å². The highest BCUT2D eigenvalue weighted by Gasteiger charge is 2.18. The molecule has 0 heterocycles. The fraction of sp³-hybridized carbons (Fsp3) is 0.500. The largest absolute Gasteiger partial charge is 0.389 e. The van der Waals surface area contributed by atoms with Crippen LogP contribution in [0.3, 0.4) is 0 Å². The highest BCUT2D eigenvalue weighted by atomic mass is 32.1. The lowest BCUT2D eigenvalue weighted by atomic mass is 9.87. The second-order valence-corrected chi connectivity index (χ2v) is 5.49. The molecule has 0 radical (unpaired) electrons. The van der Waals surface area contributed by atoms with Crippen LogP contribution in [0.25, 0.3) is 0 Å². The molecule has 0 bridgehead atoms. The Morgan fingerprint density at radius 1 is 1.29 bits per heavy atom. The first kappa shape index (κ1) is 12.4. The maximum atomic E-state index is 5.58. The number of thiocarbonyl (C=S) groups is 1. The van der Waals surface area contributed by atoms with Gasteiger partial charge in [-0.15, -0.1) is 0 Å². The van der Waals surface area contributed by atoms with Crippen molar-refractivity contribution < 1.29 is 0 Å². The van der Waals surface area contributed by atoms with E-state index in [1.165, 1.54) is 31.4 Å². The fourth-order valence-electron chi connectivity index (χ4n) is 2.53. The van der Waals surface area contributed by atoms with Gasteiger partial charge in [0.2, 0.25) is 0 Å². The predicted molar refractivity (Wildman–Crippen MR) is 77.4 cm³/mol. The second-order valence-electron chi connectivity index (χ2n) is 5.05. The van der Waals surface area contributed by atoms with Gasteiger partial charge in [-0.25, -0.2) is 0 Å². The number of benzene rings is 1. The van der Waals surface area contributed by atoms with E-state index in [1.54, 1.807) is 0 Å². The van der Waals surface area contributed by atoms with Gasteiger partial charge >= 0.3 is 0 Å². The molecule has 0 spiro atoms. The molecule has 1 fully saturated rings. The molecular formula is C14H20N2S. The van der Waals surface area contributed by atoms with Gasteiger partial charge in [0, 0.05) is 17.3 Å². The van der Waals surface area contributed by atoms with Crippen molar-refractivity contribution in [3.8, 4) is 0 Å². The first-order valence-electron chi connectivity index (χ1n) is 6.31. The van der Waals surface area contributed by atoms with Crippen LogP contribution in [0.5, 0.6) is 0 Å². The molecule has 1 saturated carbocycles. The molecule has 3 heteroatoms. The number of anilines is 1. The third kappa shape index (κ3) is 3.43.